The highest BCUT2D eigenvalue weighted by Crippen LogP contribution is 2.33. The van der Waals surface area contributed by atoms with Crippen molar-refractivity contribution in [1.29, 1.82) is 0 Å². The fourth-order valence-electron chi connectivity index (χ4n) is 2.63. The molecule has 0 saturated carbocycles. The molecule has 0 spiro atoms. The molecule has 0 fully saturated rings. The summed E-state index contributed by atoms with van der Waals surface area (Å²) in [4.78, 5) is 12.0. The highest BCUT2D eigenvalue weighted by Gasteiger charge is 2.16. The largest absolute Gasteiger partial charge is 0.493 e. The number of nitrogens with one attached hydrogen (secondary N) is 3. The number of aryl methyl sites for hydroxylation is 1. The fraction of sp³-hybridized carbons (Fsp3) is 0.526. The standard InChI is InChI=1S/C19H28BrN5O3S/c1-6-7-16-23-24-18(29)25(16)21-10-12-8-14(27-5)15(9-13(12)20)28-11-17(26)22-19(2,3)4/h8-9,21H,6-7,10-11H2,1-5H3,(H,22,26)(H,24,29). The number of halogens is 1. The lowest BCUT2D eigenvalue weighted by Crippen LogP contribution is -2.43. The smallest absolute Gasteiger partial charge is 0.258 e. The molecule has 8 nitrogen and oxygen atoms in total. The van der Waals surface area contributed by atoms with Crippen molar-refractivity contribution in [3.05, 3.63) is 32.8 Å². The van der Waals surface area contributed by atoms with Gasteiger partial charge in [0.25, 0.3) is 5.91 Å². The Kier molecular flexibility index (Phi) is 8.09. The summed E-state index contributed by atoms with van der Waals surface area (Å²) in [6, 6.07) is 3.65. The summed E-state index contributed by atoms with van der Waals surface area (Å²) >= 11 is 8.85. The second-order valence-electron chi connectivity index (χ2n) is 7.55. The molecule has 0 aliphatic heterocycles. The molecular weight excluding hydrogens is 458 g/mol. The fourth-order valence-corrected chi connectivity index (χ4v) is 3.31. The Labute approximate surface area is 184 Å². The van der Waals surface area contributed by atoms with Gasteiger partial charge in [0.2, 0.25) is 4.77 Å². The Hall–Kier alpha value is -2.07. The number of rotatable bonds is 9. The number of hydrogen-bond donors (Lipinski definition) is 3. The molecular formula is C19H28BrN5O3S. The SMILES string of the molecule is CCCc1n[nH]c(=S)n1NCc1cc(OC)c(OCC(=O)NC(C)(C)C)cc1Br. The normalized spacial score (nSPS) is 11.2. The third kappa shape index (κ3) is 6.74. The molecule has 1 aromatic carbocycles. The molecule has 0 atom stereocenters. The summed E-state index contributed by atoms with van der Waals surface area (Å²) in [6.45, 7) is 8.24. The monoisotopic (exact) mass is 485 g/mol. The zero-order chi connectivity index (χ0) is 21.6. The molecule has 0 saturated heterocycles. The van der Waals surface area contributed by atoms with Crippen LogP contribution in [0.1, 0.15) is 45.5 Å². The van der Waals surface area contributed by atoms with Crippen molar-refractivity contribution in [2.24, 2.45) is 0 Å². The number of methoxy groups -OCH3 is 1. The molecule has 2 rings (SSSR count). The highest BCUT2D eigenvalue weighted by molar-refractivity contribution is 9.10. The molecule has 160 valence electrons. The molecule has 1 aromatic heterocycles. The van der Waals surface area contributed by atoms with Gasteiger partial charge in [-0.1, -0.05) is 22.9 Å². The molecule has 1 heterocycles. The number of nitrogens with zero attached hydrogens (tertiary/aromatic N) is 2. The second-order valence-corrected chi connectivity index (χ2v) is 8.79. The third-order valence-corrected chi connectivity index (χ3v) is 4.86. The van der Waals surface area contributed by atoms with Gasteiger partial charge >= 0.3 is 0 Å². The first kappa shape index (κ1) is 23.2. The molecule has 3 N–H and O–H groups in total. The highest BCUT2D eigenvalue weighted by atomic mass is 79.9. The van der Waals surface area contributed by atoms with E-state index in [-0.39, 0.29) is 18.1 Å². The summed E-state index contributed by atoms with van der Waals surface area (Å²) in [5.74, 6) is 1.68. The van der Waals surface area contributed by atoms with Crippen molar-refractivity contribution < 1.29 is 14.3 Å². The first-order chi connectivity index (χ1) is 13.6. The molecule has 0 unspecified atom stereocenters. The predicted octanol–water partition coefficient (Wildman–Crippen LogP) is 3.70. The van der Waals surface area contributed by atoms with E-state index in [0.29, 0.717) is 22.8 Å². The maximum absolute atomic E-state index is 12.0. The van der Waals surface area contributed by atoms with Crippen LogP contribution in [0.3, 0.4) is 0 Å². The first-order valence-corrected chi connectivity index (χ1v) is 10.5. The maximum atomic E-state index is 12.0. The average Bonchev–Trinajstić information content (AvgIpc) is 2.97. The van der Waals surface area contributed by atoms with Crippen molar-refractivity contribution in [2.75, 3.05) is 19.1 Å². The molecule has 10 heteroatoms. The van der Waals surface area contributed by atoms with Gasteiger partial charge < -0.3 is 20.2 Å². The van der Waals surface area contributed by atoms with Gasteiger partial charge in [-0.3, -0.25) is 9.89 Å². The quantitative estimate of drug-likeness (QED) is 0.468. The van der Waals surface area contributed by atoms with E-state index in [2.05, 4.69) is 43.8 Å². The number of ether oxygens (including phenoxy) is 2. The van der Waals surface area contributed by atoms with Crippen LogP contribution in [0, 0.1) is 4.77 Å². The maximum Gasteiger partial charge on any atom is 0.258 e. The lowest BCUT2D eigenvalue weighted by molar-refractivity contribution is -0.124. The number of benzene rings is 1. The summed E-state index contributed by atoms with van der Waals surface area (Å²) in [5, 5.41) is 9.91. The second kappa shape index (κ2) is 10.1. The van der Waals surface area contributed by atoms with E-state index in [4.69, 9.17) is 21.7 Å². The van der Waals surface area contributed by atoms with Crippen LogP contribution in [0.15, 0.2) is 16.6 Å². The van der Waals surface area contributed by atoms with Crippen molar-refractivity contribution in [3.63, 3.8) is 0 Å². The zero-order valence-electron chi connectivity index (χ0n) is 17.4. The van der Waals surface area contributed by atoms with Gasteiger partial charge in [0, 0.05) is 16.4 Å². The van der Waals surface area contributed by atoms with E-state index in [1.807, 2.05) is 26.8 Å². The van der Waals surface area contributed by atoms with E-state index in [1.54, 1.807) is 17.9 Å². The van der Waals surface area contributed by atoms with E-state index in [0.717, 1.165) is 28.7 Å². The summed E-state index contributed by atoms with van der Waals surface area (Å²) in [6.07, 6.45) is 1.78. The topological polar surface area (TPSA) is 93.2 Å². The summed E-state index contributed by atoms with van der Waals surface area (Å²) in [5.41, 5.74) is 3.91. The van der Waals surface area contributed by atoms with Crippen LogP contribution >= 0.6 is 28.1 Å². The Bertz CT molecular complexity index is 904. The van der Waals surface area contributed by atoms with Crippen LogP contribution in [-0.4, -0.2) is 40.0 Å². The minimum Gasteiger partial charge on any atom is -0.493 e. The zero-order valence-corrected chi connectivity index (χ0v) is 19.8. The lowest BCUT2D eigenvalue weighted by atomic mass is 10.1. The van der Waals surface area contributed by atoms with Crippen LogP contribution in [-0.2, 0) is 17.8 Å². The summed E-state index contributed by atoms with van der Waals surface area (Å²) in [7, 11) is 1.56. The summed E-state index contributed by atoms with van der Waals surface area (Å²) < 4.78 is 14.2. The van der Waals surface area contributed by atoms with Crippen molar-refractivity contribution in [2.45, 2.75) is 52.6 Å². The van der Waals surface area contributed by atoms with Crippen molar-refractivity contribution >= 4 is 34.1 Å². The van der Waals surface area contributed by atoms with Crippen molar-refractivity contribution in [1.82, 2.24) is 20.2 Å². The van der Waals surface area contributed by atoms with Crippen LogP contribution in [0.5, 0.6) is 11.5 Å². The van der Waals surface area contributed by atoms with Gasteiger partial charge in [0.1, 0.15) is 0 Å². The number of hydrogen-bond acceptors (Lipinski definition) is 6. The Morgan fingerprint density at radius 3 is 2.69 bits per heavy atom. The third-order valence-electron chi connectivity index (χ3n) is 3.85. The molecule has 1 amide bonds. The Balaban J connectivity index is 2.11. The number of aromatic nitrogens is 3. The van der Waals surface area contributed by atoms with Crippen LogP contribution in [0.2, 0.25) is 0 Å². The van der Waals surface area contributed by atoms with Gasteiger partial charge in [-0.05, 0) is 57.1 Å². The molecule has 29 heavy (non-hydrogen) atoms. The number of H-pyrrole nitrogens is 1. The molecule has 2 aromatic rings. The predicted molar refractivity (Wildman–Crippen MR) is 119 cm³/mol. The van der Waals surface area contributed by atoms with Crippen LogP contribution in [0.4, 0.5) is 0 Å². The first-order valence-electron chi connectivity index (χ1n) is 9.35. The number of carbonyl (C=O) groups is 1. The van der Waals surface area contributed by atoms with Gasteiger partial charge in [-0.25, -0.2) is 4.68 Å². The minimum atomic E-state index is -0.314. The van der Waals surface area contributed by atoms with Gasteiger partial charge in [0.05, 0.1) is 13.7 Å². The van der Waals surface area contributed by atoms with Crippen LogP contribution in [0.25, 0.3) is 0 Å². The van der Waals surface area contributed by atoms with Gasteiger partial charge in [0.15, 0.2) is 23.9 Å². The lowest BCUT2D eigenvalue weighted by Gasteiger charge is -2.21. The van der Waals surface area contributed by atoms with Crippen molar-refractivity contribution in [3.8, 4) is 11.5 Å². The number of aromatic amines is 1. The Morgan fingerprint density at radius 1 is 1.34 bits per heavy atom. The molecule has 0 aliphatic carbocycles. The minimum absolute atomic E-state index is 0.0950. The average molecular weight is 486 g/mol. The van der Waals surface area contributed by atoms with E-state index >= 15 is 0 Å². The molecule has 0 aliphatic rings. The molecule has 0 radical (unpaired) electrons. The van der Waals surface area contributed by atoms with Gasteiger partial charge in [-0.15, -0.1) is 0 Å². The van der Waals surface area contributed by atoms with E-state index < -0.39 is 0 Å². The van der Waals surface area contributed by atoms with Gasteiger partial charge in [-0.2, -0.15) is 5.10 Å². The van der Waals surface area contributed by atoms with Crippen LogP contribution < -0.4 is 20.2 Å². The number of amides is 1. The Morgan fingerprint density at radius 2 is 2.07 bits per heavy atom. The van der Waals surface area contributed by atoms with E-state index in [1.165, 1.54) is 0 Å². The number of carbonyl (C=O) groups excluding carboxylic acids is 1. The van der Waals surface area contributed by atoms with E-state index in [9.17, 15) is 4.79 Å². The molecule has 0 bridgehead atoms.